The van der Waals surface area contributed by atoms with Gasteiger partial charge in [0.05, 0.1) is 5.56 Å². The summed E-state index contributed by atoms with van der Waals surface area (Å²) >= 11 is 6.10. The summed E-state index contributed by atoms with van der Waals surface area (Å²) in [6.45, 7) is 0.167. The van der Waals surface area contributed by atoms with Crippen LogP contribution in [0, 0.1) is 11.6 Å². The average molecular weight is 458 g/mol. The normalized spacial score (nSPS) is 15.6. The van der Waals surface area contributed by atoms with Crippen molar-refractivity contribution < 1.29 is 28.2 Å². The van der Waals surface area contributed by atoms with Crippen LogP contribution in [0.5, 0.6) is 11.5 Å². The Kier molecular flexibility index (Phi) is 6.10. The summed E-state index contributed by atoms with van der Waals surface area (Å²) in [5, 5.41) is 9.71. The third-order valence-electron chi connectivity index (χ3n) is 5.30. The Bertz CT molecular complexity index is 1190. The second-order valence-corrected chi connectivity index (χ2v) is 7.80. The summed E-state index contributed by atoms with van der Waals surface area (Å²) in [6.07, 6.45) is 0.748. The van der Waals surface area contributed by atoms with Gasteiger partial charge in [-0.1, -0.05) is 41.9 Å². The average Bonchev–Trinajstić information content (AvgIpc) is 3.28. The van der Waals surface area contributed by atoms with Crippen LogP contribution in [0.1, 0.15) is 23.2 Å². The first-order valence-corrected chi connectivity index (χ1v) is 10.3. The van der Waals surface area contributed by atoms with Crippen molar-refractivity contribution in [2.75, 3.05) is 6.54 Å². The zero-order valence-corrected chi connectivity index (χ0v) is 17.5. The Hall–Kier alpha value is -3.45. The van der Waals surface area contributed by atoms with Crippen molar-refractivity contribution in [3.63, 3.8) is 0 Å². The lowest BCUT2D eigenvalue weighted by atomic mass is 10.0. The summed E-state index contributed by atoms with van der Waals surface area (Å²) in [5.74, 6) is -4.15. The Morgan fingerprint density at radius 2 is 1.75 bits per heavy atom. The summed E-state index contributed by atoms with van der Waals surface area (Å²) in [5.41, 5.74) is 0.813. The standard InChI is InChI=1S/C24H18ClF2NO4/c25-15-8-9-21(16(11-15)14-5-2-1-3-6-14)32-22-13-18(26)17(12-19(22)27)23(29)28-10-4-7-20(28)24(30)31/h1-3,5-6,8-9,11-13,20H,4,7,10H2,(H,30,31)/t20-/m0/s1. The number of hydrogen-bond acceptors (Lipinski definition) is 3. The SMILES string of the molecule is O=C(O)[C@@H]1CCCN1C(=O)c1cc(F)c(Oc2ccc(Cl)cc2-c2ccccc2)cc1F. The van der Waals surface area contributed by atoms with Gasteiger partial charge in [-0.3, -0.25) is 4.79 Å². The Balaban J connectivity index is 1.66. The lowest BCUT2D eigenvalue weighted by Gasteiger charge is -2.22. The van der Waals surface area contributed by atoms with E-state index in [0.717, 1.165) is 22.6 Å². The van der Waals surface area contributed by atoms with Crippen molar-refractivity contribution >= 4 is 23.5 Å². The van der Waals surface area contributed by atoms with E-state index in [1.54, 1.807) is 18.2 Å². The van der Waals surface area contributed by atoms with Crippen LogP contribution in [0.3, 0.4) is 0 Å². The number of rotatable bonds is 5. The fourth-order valence-corrected chi connectivity index (χ4v) is 3.92. The lowest BCUT2D eigenvalue weighted by molar-refractivity contribution is -0.141. The number of nitrogens with zero attached hydrogens (tertiary/aromatic N) is 1. The van der Waals surface area contributed by atoms with Crippen molar-refractivity contribution in [1.29, 1.82) is 0 Å². The maximum Gasteiger partial charge on any atom is 0.326 e. The number of ether oxygens (including phenoxy) is 1. The predicted octanol–water partition coefficient (Wildman–Crippen LogP) is 5.77. The number of hydrogen-bond donors (Lipinski definition) is 1. The monoisotopic (exact) mass is 457 g/mol. The zero-order valence-electron chi connectivity index (χ0n) is 16.7. The molecule has 1 fully saturated rings. The number of carboxylic acids is 1. The van der Waals surface area contributed by atoms with Crippen LogP contribution in [0.4, 0.5) is 8.78 Å². The summed E-state index contributed by atoms with van der Waals surface area (Å²) in [4.78, 5) is 25.1. The van der Waals surface area contributed by atoms with Gasteiger partial charge in [-0.25, -0.2) is 13.6 Å². The molecule has 0 radical (unpaired) electrons. The topological polar surface area (TPSA) is 66.8 Å². The van der Waals surface area contributed by atoms with E-state index in [4.69, 9.17) is 16.3 Å². The maximum absolute atomic E-state index is 14.8. The van der Waals surface area contributed by atoms with Crippen molar-refractivity contribution in [3.8, 4) is 22.6 Å². The van der Waals surface area contributed by atoms with Crippen molar-refractivity contribution in [2.24, 2.45) is 0 Å². The first kappa shape index (κ1) is 21.8. The molecule has 3 aromatic rings. The van der Waals surface area contributed by atoms with Gasteiger partial charge in [0, 0.05) is 23.2 Å². The van der Waals surface area contributed by atoms with Crippen molar-refractivity contribution in [2.45, 2.75) is 18.9 Å². The molecular formula is C24H18ClF2NO4. The molecule has 0 saturated carbocycles. The number of carbonyl (C=O) groups is 2. The molecule has 0 spiro atoms. The molecule has 4 rings (SSSR count). The molecule has 0 bridgehead atoms. The minimum atomic E-state index is -1.17. The van der Waals surface area contributed by atoms with Gasteiger partial charge in [0.25, 0.3) is 5.91 Å². The van der Waals surface area contributed by atoms with E-state index in [1.807, 2.05) is 30.3 Å². The van der Waals surface area contributed by atoms with Crippen LogP contribution in [0.25, 0.3) is 11.1 Å². The number of carbonyl (C=O) groups excluding carboxylic acids is 1. The minimum Gasteiger partial charge on any atom is -0.480 e. The lowest BCUT2D eigenvalue weighted by Crippen LogP contribution is -2.40. The minimum absolute atomic E-state index is 0.167. The van der Waals surface area contributed by atoms with E-state index >= 15 is 0 Å². The van der Waals surface area contributed by atoms with E-state index in [2.05, 4.69) is 0 Å². The van der Waals surface area contributed by atoms with Gasteiger partial charge in [0.1, 0.15) is 17.6 Å². The molecule has 1 aliphatic heterocycles. The molecule has 1 amide bonds. The molecule has 0 aromatic heterocycles. The molecule has 5 nitrogen and oxygen atoms in total. The number of carboxylic acid groups (broad SMARTS) is 1. The van der Waals surface area contributed by atoms with E-state index in [-0.39, 0.29) is 18.7 Å². The highest BCUT2D eigenvalue weighted by atomic mass is 35.5. The van der Waals surface area contributed by atoms with Gasteiger partial charge < -0.3 is 14.7 Å². The van der Waals surface area contributed by atoms with Crippen LogP contribution in [0.15, 0.2) is 60.7 Å². The third kappa shape index (κ3) is 4.29. The second-order valence-electron chi connectivity index (χ2n) is 7.37. The van der Waals surface area contributed by atoms with Gasteiger partial charge in [-0.05, 0) is 42.7 Å². The van der Waals surface area contributed by atoms with E-state index in [9.17, 15) is 23.5 Å². The van der Waals surface area contributed by atoms with Crippen LogP contribution in [0.2, 0.25) is 5.02 Å². The predicted molar refractivity (Wildman–Crippen MR) is 115 cm³/mol. The van der Waals surface area contributed by atoms with Gasteiger partial charge >= 0.3 is 5.97 Å². The van der Waals surface area contributed by atoms with Crippen molar-refractivity contribution in [1.82, 2.24) is 4.90 Å². The highest BCUT2D eigenvalue weighted by molar-refractivity contribution is 6.31. The van der Waals surface area contributed by atoms with Crippen LogP contribution >= 0.6 is 11.6 Å². The number of aliphatic carboxylic acids is 1. The van der Waals surface area contributed by atoms with Crippen molar-refractivity contribution in [3.05, 3.63) is 82.9 Å². The maximum atomic E-state index is 14.8. The van der Waals surface area contributed by atoms with Gasteiger partial charge in [0.15, 0.2) is 11.6 Å². The first-order valence-electron chi connectivity index (χ1n) is 9.91. The third-order valence-corrected chi connectivity index (χ3v) is 5.53. The van der Waals surface area contributed by atoms with Gasteiger partial charge in [-0.15, -0.1) is 0 Å². The number of amides is 1. The number of halogens is 3. The summed E-state index contributed by atoms with van der Waals surface area (Å²) in [6, 6.07) is 14.4. The molecule has 1 saturated heterocycles. The second kappa shape index (κ2) is 8.96. The van der Waals surface area contributed by atoms with Gasteiger partial charge in [0.2, 0.25) is 0 Å². The molecule has 164 valence electrons. The molecule has 8 heteroatoms. The fourth-order valence-electron chi connectivity index (χ4n) is 3.74. The molecule has 1 atom stereocenters. The van der Waals surface area contributed by atoms with E-state index < -0.39 is 40.9 Å². The van der Waals surface area contributed by atoms with Gasteiger partial charge in [-0.2, -0.15) is 0 Å². The fraction of sp³-hybridized carbons (Fsp3) is 0.167. The van der Waals surface area contributed by atoms with Crippen LogP contribution in [-0.2, 0) is 4.79 Å². The molecular weight excluding hydrogens is 440 g/mol. The zero-order chi connectivity index (χ0) is 22.8. The number of benzene rings is 3. The van der Waals surface area contributed by atoms with E-state index in [0.29, 0.717) is 17.0 Å². The Morgan fingerprint density at radius 3 is 2.47 bits per heavy atom. The molecule has 0 unspecified atom stereocenters. The Morgan fingerprint density at radius 1 is 1.00 bits per heavy atom. The summed E-state index contributed by atoms with van der Waals surface area (Å²) < 4.78 is 35.3. The smallest absolute Gasteiger partial charge is 0.326 e. The molecule has 0 aliphatic carbocycles. The first-order chi connectivity index (χ1) is 15.3. The van der Waals surface area contributed by atoms with E-state index in [1.165, 1.54) is 0 Å². The molecule has 32 heavy (non-hydrogen) atoms. The molecule has 1 aliphatic rings. The van der Waals surface area contributed by atoms with Crippen LogP contribution in [-0.4, -0.2) is 34.5 Å². The quantitative estimate of drug-likeness (QED) is 0.528. The highest BCUT2D eigenvalue weighted by Crippen LogP contribution is 2.37. The molecule has 3 aromatic carbocycles. The number of likely N-dealkylation sites (tertiary alicyclic amines) is 1. The molecule has 1 N–H and O–H groups in total. The summed E-state index contributed by atoms with van der Waals surface area (Å²) in [7, 11) is 0. The molecule has 1 heterocycles. The largest absolute Gasteiger partial charge is 0.480 e. The van der Waals surface area contributed by atoms with Crippen LogP contribution < -0.4 is 4.74 Å². The Labute approximate surface area is 187 Å². The highest BCUT2D eigenvalue weighted by Gasteiger charge is 2.35.